The van der Waals surface area contributed by atoms with E-state index in [2.05, 4.69) is 20.8 Å². The van der Waals surface area contributed by atoms with E-state index in [-0.39, 0.29) is 0 Å². The van der Waals surface area contributed by atoms with Crippen LogP contribution in [-0.4, -0.2) is 0 Å². The van der Waals surface area contributed by atoms with Crippen LogP contribution in [0, 0.1) is 23.2 Å². The summed E-state index contributed by atoms with van der Waals surface area (Å²) in [7, 11) is 0. The Hall–Kier alpha value is 0. The Morgan fingerprint density at radius 2 is 1.83 bits per heavy atom. The molecule has 2 rings (SSSR count). The van der Waals surface area contributed by atoms with Crippen LogP contribution in [0.5, 0.6) is 0 Å². The first-order valence-electron chi connectivity index (χ1n) is 5.64. The van der Waals surface area contributed by atoms with Crippen molar-refractivity contribution in [1.29, 1.82) is 0 Å². The predicted octanol–water partition coefficient (Wildman–Crippen LogP) is 3.86. The molecule has 0 aromatic heterocycles. The summed E-state index contributed by atoms with van der Waals surface area (Å²) in [6.07, 6.45) is 7.65. The topological polar surface area (TPSA) is 0 Å². The van der Waals surface area contributed by atoms with Crippen LogP contribution < -0.4 is 0 Å². The van der Waals surface area contributed by atoms with Gasteiger partial charge in [0.2, 0.25) is 0 Å². The maximum Gasteiger partial charge on any atom is -0.0271 e. The number of hydrogen-bond donors (Lipinski definition) is 0. The quantitative estimate of drug-likeness (QED) is 0.555. The van der Waals surface area contributed by atoms with Gasteiger partial charge in [0.05, 0.1) is 0 Å². The van der Waals surface area contributed by atoms with Gasteiger partial charge in [0, 0.05) is 0 Å². The first-order chi connectivity index (χ1) is 5.64. The summed E-state index contributed by atoms with van der Waals surface area (Å²) in [5, 5.41) is 0. The molecule has 0 amide bonds. The van der Waals surface area contributed by atoms with E-state index in [9.17, 15) is 0 Å². The molecular weight excluding hydrogens is 144 g/mol. The fourth-order valence-corrected chi connectivity index (χ4v) is 3.05. The van der Waals surface area contributed by atoms with Gasteiger partial charge in [0.1, 0.15) is 0 Å². The third-order valence-electron chi connectivity index (χ3n) is 4.55. The van der Waals surface area contributed by atoms with Crippen molar-refractivity contribution in [3.8, 4) is 0 Å². The molecule has 2 aliphatic rings. The highest BCUT2D eigenvalue weighted by Gasteiger charge is 2.49. The fourth-order valence-electron chi connectivity index (χ4n) is 3.05. The van der Waals surface area contributed by atoms with Gasteiger partial charge in [-0.2, -0.15) is 0 Å². The van der Waals surface area contributed by atoms with E-state index in [1.54, 1.807) is 12.8 Å². The van der Waals surface area contributed by atoms with Crippen LogP contribution in [0.3, 0.4) is 0 Å². The average molecular weight is 166 g/mol. The molecule has 0 aliphatic heterocycles. The molecule has 1 unspecified atom stereocenters. The van der Waals surface area contributed by atoms with E-state index in [4.69, 9.17) is 0 Å². The largest absolute Gasteiger partial charge is 0.0625 e. The highest BCUT2D eigenvalue weighted by atomic mass is 14.5. The Bertz CT molecular complexity index is 165. The van der Waals surface area contributed by atoms with Gasteiger partial charge in [-0.15, -0.1) is 0 Å². The van der Waals surface area contributed by atoms with Crippen LogP contribution in [0.25, 0.3) is 0 Å². The summed E-state index contributed by atoms with van der Waals surface area (Å²) in [4.78, 5) is 0. The van der Waals surface area contributed by atoms with Gasteiger partial charge >= 0.3 is 0 Å². The van der Waals surface area contributed by atoms with Crippen molar-refractivity contribution in [2.24, 2.45) is 23.2 Å². The normalized spacial score (nSPS) is 39.0. The van der Waals surface area contributed by atoms with Crippen molar-refractivity contribution in [3.05, 3.63) is 0 Å². The fraction of sp³-hybridized carbons (Fsp3) is 1.00. The minimum absolute atomic E-state index is 0.853. The van der Waals surface area contributed by atoms with Crippen molar-refractivity contribution < 1.29 is 0 Å². The molecule has 12 heavy (non-hydrogen) atoms. The molecule has 0 aromatic rings. The third kappa shape index (κ3) is 1.30. The minimum Gasteiger partial charge on any atom is -0.0625 e. The summed E-state index contributed by atoms with van der Waals surface area (Å²) in [6, 6.07) is 0. The highest BCUT2D eigenvalue weighted by Crippen LogP contribution is 2.60. The van der Waals surface area contributed by atoms with Crippen LogP contribution in [0.15, 0.2) is 0 Å². The maximum absolute atomic E-state index is 2.49. The zero-order valence-electron chi connectivity index (χ0n) is 8.77. The molecule has 0 heteroatoms. The molecule has 2 fully saturated rings. The Morgan fingerprint density at radius 1 is 1.17 bits per heavy atom. The molecule has 2 aliphatic carbocycles. The molecule has 0 N–H and O–H groups in total. The van der Waals surface area contributed by atoms with Crippen molar-refractivity contribution in [2.45, 2.75) is 52.9 Å². The lowest BCUT2D eigenvalue weighted by molar-refractivity contribution is 0.143. The lowest BCUT2D eigenvalue weighted by atomic mass is 9.69. The van der Waals surface area contributed by atoms with Crippen molar-refractivity contribution >= 4 is 0 Å². The Kier molecular flexibility index (Phi) is 1.97. The molecule has 2 saturated carbocycles. The zero-order chi connectivity index (χ0) is 8.77. The molecule has 1 spiro atoms. The lowest BCUT2D eigenvalue weighted by Gasteiger charge is -2.36. The zero-order valence-corrected chi connectivity index (χ0v) is 8.77. The third-order valence-corrected chi connectivity index (χ3v) is 4.55. The molecule has 0 heterocycles. The summed E-state index contributed by atoms with van der Waals surface area (Å²) < 4.78 is 0. The van der Waals surface area contributed by atoms with E-state index < -0.39 is 0 Å². The van der Waals surface area contributed by atoms with Gasteiger partial charge in [-0.3, -0.25) is 0 Å². The molecule has 0 nitrogen and oxygen atoms in total. The second kappa shape index (κ2) is 2.75. The molecule has 2 atom stereocenters. The smallest absolute Gasteiger partial charge is 0.0271 e. The number of rotatable bonds is 1. The summed E-state index contributed by atoms with van der Waals surface area (Å²) in [6.45, 7) is 7.27. The van der Waals surface area contributed by atoms with Gasteiger partial charge in [-0.1, -0.05) is 20.8 Å². The molecular formula is C12H22. The highest BCUT2D eigenvalue weighted by molar-refractivity contribution is 5.00. The number of hydrogen-bond acceptors (Lipinski definition) is 0. The molecule has 70 valence electrons. The predicted molar refractivity (Wildman–Crippen MR) is 53.0 cm³/mol. The van der Waals surface area contributed by atoms with Crippen molar-refractivity contribution in [3.63, 3.8) is 0 Å². The van der Waals surface area contributed by atoms with Crippen molar-refractivity contribution in [2.75, 3.05) is 0 Å². The van der Waals surface area contributed by atoms with Gasteiger partial charge in [-0.05, 0) is 55.3 Å². The van der Waals surface area contributed by atoms with Gasteiger partial charge in [0.25, 0.3) is 0 Å². The van der Waals surface area contributed by atoms with Crippen molar-refractivity contribution in [1.82, 2.24) is 0 Å². The van der Waals surface area contributed by atoms with Crippen LogP contribution in [0.1, 0.15) is 52.9 Å². The monoisotopic (exact) mass is 166 g/mol. The van der Waals surface area contributed by atoms with Gasteiger partial charge in [0.15, 0.2) is 0 Å². The standard InChI is InChI=1S/C12H22/c1-9(2)11-4-5-12(6-7-12)10(3)8-11/h9-11H,4-8H2,1-3H3/t10-,11?/m0/s1. The van der Waals surface area contributed by atoms with E-state index in [1.807, 2.05) is 0 Å². The molecule has 0 aromatic carbocycles. The molecule has 0 radical (unpaired) electrons. The second-order valence-corrected chi connectivity index (χ2v) is 5.54. The van der Waals surface area contributed by atoms with E-state index in [1.165, 1.54) is 19.3 Å². The SMILES string of the molecule is CC(C)C1CCC2(CC2)[C@@H](C)C1. The minimum atomic E-state index is 0.853. The first kappa shape index (κ1) is 8.59. The molecule has 0 saturated heterocycles. The Labute approximate surface area is 76.7 Å². The summed E-state index contributed by atoms with van der Waals surface area (Å²) in [5.41, 5.74) is 0.853. The van der Waals surface area contributed by atoms with Gasteiger partial charge < -0.3 is 0 Å². The van der Waals surface area contributed by atoms with Crippen LogP contribution in [0.4, 0.5) is 0 Å². The van der Waals surface area contributed by atoms with Crippen LogP contribution >= 0.6 is 0 Å². The van der Waals surface area contributed by atoms with Gasteiger partial charge in [-0.25, -0.2) is 0 Å². The van der Waals surface area contributed by atoms with Crippen LogP contribution in [-0.2, 0) is 0 Å². The van der Waals surface area contributed by atoms with E-state index >= 15 is 0 Å². The van der Waals surface area contributed by atoms with Crippen LogP contribution in [0.2, 0.25) is 0 Å². The summed E-state index contributed by atoms with van der Waals surface area (Å²) in [5.74, 6) is 2.98. The second-order valence-electron chi connectivity index (χ2n) is 5.54. The Morgan fingerprint density at radius 3 is 2.25 bits per heavy atom. The lowest BCUT2D eigenvalue weighted by Crippen LogP contribution is -2.26. The molecule has 0 bridgehead atoms. The first-order valence-corrected chi connectivity index (χ1v) is 5.64. The summed E-state index contributed by atoms with van der Waals surface area (Å²) >= 11 is 0. The van der Waals surface area contributed by atoms with E-state index in [0.717, 1.165) is 23.2 Å². The maximum atomic E-state index is 2.49. The van der Waals surface area contributed by atoms with E-state index in [0.29, 0.717) is 0 Å². The average Bonchev–Trinajstić information content (AvgIpc) is 2.76. The Balaban J connectivity index is 1.94.